The zero-order valence-electron chi connectivity index (χ0n) is 14.9. The predicted octanol–water partition coefficient (Wildman–Crippen LogP) is 2.14. The summed E-state index contributed by atoms with van der Waals surface area (Å²) >= 11 is 0. The number of hydrogen-bond acceptors (Lipinski definition) is 3. The highest BCUT2D eigenvalue weighted by atomic mass is 127. The standard InChI is InChI=1S/C16H27FN4O2S.HI/c1-4-18-16(19-9-6-10-21-24(22,23)5-2)20-12-14-7-8-15(17)13(3)11-14;/h7-8,11,21H,4-6,9-10,12H2,1-3H3,(H2,18,19,20);1H. The highest BCUT2D eigenvalue weighted by Crippen LogP contribution is 2.09. The Morgan fingerprint density at radius 2 is 1.92 bits per heavy atom. The van der Waals surface area contributed by atoms with Gasteiger partial charge >= 0.3 is 0 Å². The van der Waals surface area contributed by atoms with Crippen molar-refractivity contribution in [3.05, 3.63) is 35.1 Å². The molecule has 0 amide bonds. The summed E-state index contributed by atoms with van der Waals surface area (Å²) in [6, 6.07) is 4.94. The smallest absolute Gasteiger partial charge is 0.211 e. The molecule has 0 spiro atoms. The number of nitrogens with one attached hydrogen (secondary N) is 3. The van der Waals surface area contributed by atoms with E-state index >= 15 is 0 Å². The Morgan fingerprint density at radius 3 is 2.52 bits per heavy atom. The molecule has 1 aromatic rings. The largest absolute Gasteiger partial charge is 0.357 e. The molecule has 0 radical (unpaired) electrons. The van der Waals surface area contributed by atoms with Crippen molar-refractivity contribution in [1.82, 2.24) is 15.4 Å². The maximum absolute atomic E-state index is 13.3. The van der Waals surface area contributed by atoms with Crippen LogP contribution in [0.2, 0.25) is 0 Å². The molecule has 0 aromatic heterocycles. The molecule has 0 unspecified atom stereocenters. The highest BCUT2D eigenvalue weighted by molar-refractivity contribution is 14.0. The first kappa shape index (κ1) is 24.1. The Kier molecular flexibility index (Phi) is 12.0. The number of benzene rings is 1. The van der Waals surface area contributed by atoms with Gasteiger partial charge in [0.25, 0.3) is 0 Å². The van der Waals surface area contributed by atoms with Crippen LogP contribution in [-0.2, 0) is 16.6 Å². The number of halogens is 2. The van der Waals surface area contributed by atoms with Gasteiger partial charge in [0.2, 0.25) is 10.0 Å². The van der Waals surface area contributed by atoms with E-state index in [0.717, 1.165) is 12.1 Å². The van der Waals surface area contributed by atoms with Gasteiger partial charge in [0.15, 0.2) is 5.96 Å². The first-order valence-electron chi connectivity index (χ1n) is 8.12. The number of nitrogens with zero attached hydrogens (tertiary/aromatic N) is 1. The average molecular weight is 486 g/mol. The third kappa shape index (κ3) is 9.95. The molecule has 0 atom stereocenters. The molecular formula is C16H28FIN4O2S. The van der Waals surface area contributed by atoms with Gasteiger partial charge in [0.1, 0.15) is 5.82 Å². The van der Waals surface area contributed by atoms with Crippen LogP contribution in [0.1, 0.15) is 31.4 Å². The summed E-state index contributed by atoms with van der Waals surface area (Å²) in [5.41, 5.74) is 1.53. The number of sulfonamides is 1. The van der Waals surface area contributed by atoms with E-state index in [4.69, 9.17) is 0 Å². The third-order valence-corrected chi connectivity index (χ3v) is 4.74. The average Bonchev–Trinajstić information content (AvgIpc) is 2.55. The molecule has 144 valence electrons. The van der Waals surface area contributed by atoms with Gasteiger partial charge in [-0.1, -0.05) is 12.1 Å². The Bertz CT molecular complexity index is 654. The fourth-order valence-electron chi connectivity index (χ4n) is 1.94. The van der Waals surface area contributed by atoms with E-state index in [-0.39, 0.29) is 35.5 Å². The number of guanidine groups is 1. The van der Waals surface area contributed by atoms with Gasteiger partial charge in [-0.05, 0) is 44.4 Å². The van der Waals surface area contributed by atoms with Crippen molar-refractivity contribution in [2.24, 2.45) is 4.99 Å². The van der Waals surface area contributed by atoms with E-state index in [1.807, 2.05) is 6.92 Å². The molecule has 0 fully saturated rings. The van der Waals surface area contributed by atoms with E-state index in [2.05, 4.69) is 20.3 Å². The molecule has 0 bridgehead atoms. The lowest BCUT2D eigenvalue weighted by molar-refractivity contribution is 0.579. The second-order valence-electron chi connectivity index (χ2n) is 5.36. The minimum absolute atomic E-state index is 0. The molecule has 1 aromatic carbocycles. The number of aryl methyl sites for hydroxylation is 1. The SMILES string of the molecule is CCNC(=NCc1ccc(F)c(C)c1)NCCCNS(=O)(=O)CC.I. The predicted molar refractivity (Wildman–Crippen MR) is 111 cm³/mol. The van der Waals surface area contributed by atoms with Gasteiger partial charge in [-0.3, -0.25) is 0 Å². The second-order valence-corrected chi connectivity index (χ2v) is 7.45. The first-order valence-corrected chi connectivity index (χ1v) is 9.77. The van der Waals surface area contributed by atoms with Gasteiger partial charge in [-0.25, -0.2) is 22.5 Å². The summed E-state index contributed by atoms with van der Waals surface area (Å²) in [5, 5.41) is 6.27. The molecule has 0 aliphatic carbocycles. The van der Waals surface area contributed by atoms with Crippen molar-refractivity contribution in [3.8, 4) is 0 Å². The maximum atomic E-state index is 13.3. The van der Waals surface area contributed by atoms with Crippen LogP contribution in [-0.4, -0.2) is 39.8 Å². The molecular weight excluding hydrogens is 458 g/mol. The molecule has 6 nitrogen and oxygen atoms in total. The third-order valence-electron chi connectivity index (χ3n) is 3.33. The van der Waals surface area contributed by atoms with Crippen LogP contribution in [0.25, 0.3) is 0 Å². The Balaban J connectivity index is 0.00000576. The normalized spacial score (nSPS) is 11.8. The summed E-state index contributed by atoms with van der Waals surface area (Å²) in [6.07, 6.45) is 0.652. The van der Waals surface area contributed by atoms with E-state index in [1.54, 1.807) is 26.0 Å². The first-order chi connectivity index (χ1) is 11.4. The highest BCUT2D eigenvalue weighted by Gasteiger charge is 2.05. The van der Waals surface area contributed by atoms with E-state index in [0.29, 0.717) is 37.6 Å². The van der Waals surface area contributed by atoms with Crippen LogP contribution < -0.4 is 15.4 Å². The van der Waals surface area contributed by atoms with Crippen molar-refractivity contribution >= 4 is 40.0 Å². The lowest BCUT2D eigenvalue weighted by Gasteiger charge is -2.11. The molecule has 0 saturated carbocycles. The molecule has 3 N–H and O–H groups in total. The zero-order chi connectivity index (χ0) is 18.0. The summed E-state index contributed by atoms with van der Waals surface area (Å²) in [7, 11) is -3.14. The quantitative estimate of drug-likeness (QED) is 0.216. The lowest BCUT2D eigenvalue weighted by atomic mass is 10.1. The summed E-state index contributed by atoms with van der Waals surface area (Å²) < 4.78 is 38.4. The van der Waals surface area contributed by atoms with Crippen molar-refractivity contribution in [2.45, 2.75) is 33.7 Å². The second kappa shape index (κ2) is 12.4. The van der Waals surface area contributed by atoms with Crippen LogP contribution in [0.4, 0.5) is 4.39 Å². The Hall–Kier alpha value is -0.940. The van der Waals surface area contributed by atoms with Crippen LogP contribution in [0.5, 0.6) is 0 Å². The van der Waals surface area contributed by atoms with Gasteiger partial charge in [-0.15, -0.1) is 24.0 Å². The Labute approximate surface area is 167 Å². The summed E-state index contributed by atoms with van der Waals surface area (Å²) in [5.74, 6) is 0.516. The topological polar surface area (TPSA) is 82.6 Å². The van der Waals surface area contributed by atoms with Crippen LogP contribution >= 0.6 is 24.0 Å². The van der Waals surface area contributed by atoms with E-state index in [1.165, 1.54) is 6.07 Å². The molecule has 1 rings (SSSR count). The minimum Gasteiger partial charge on any atom is -0.357 e. The minimum atomic E-state index is -3.14. The van der Waals surface area contributed by atoms with Crippen molar-refractivity contribution < 1.29 is 12.8 Å². The number of hydrogen-bond donors (Lipinski definition) is 3. The van der Waals surface area contributed by atoms with Crippen molar-refractivity contribution in [1.29, 1.82) is 0 Å². The summed E-state index contributed by atoms with van der Waals surface area (Å²) in [4.78, 5) is 4.45. The molecule has 0 aliphatic rings. The van der Waals surface area contributed by atoms with Crippen LogP contribution in [0.15, 0.2) is 23.2 Å². The molecule has 9 heteroatoms. The molecule has 0 aliphatic heterocycles. The number of aliphatic imine (C=N–C) groups is 1. The van der Waals surface area contributed by atoms with Gasteiger partial charge < -0.3 is 10.6 Å². The lowest BCUT2D eigenvalue weighted by Crippen LogP contribution is -2.38. The maximum Gasteiger partial charge on any atom is 0.211 e. The molecule has 25 heavy (non-hydrogen) atoms. The van der Waals surface area contributed by atoms with Crippen molar-refractivity contribution in [3.63, 3.8) is 0 Å². The van der Waals surface area contributed by atoms with Gasteiger partial charge in [0.05, 0.1) is 12.3 Å². The van der Waals surface area contributed by atoms with E-state index < -0.39 is 10.0 Å². The molecule has 0 saturated heterocycles. The molecule has 0 heterocycles. The summed E-state index contributed by atoms with van der Waals surface area (Å²) in [6.45, 7) is 7.45. The fraction of sp³-hybridized carbons (Fsp3) is 0.562. The van der Waals surface area contributed by atoms with Crippen LogP contribution in [0, 0.1) is 12.7 Å². The van der Waals surface area contributed by atoms with Gasteiger partial charge in [-0.2, -0.15) is 0 Å². The number of rotatable bonds is 9. The Morgan fingerprint density at radius 1 is 1.20 bits per heavy atom. The van der Waals surface area contributed by atoms with Crippen LogP contribution in [0.3, 0.4) is 0 Å². The van der Waals surface area contributed by atoms with Crippen molar-refractivity contribution in [2.75, 3.05) is 25.4 Å². The van der Waals surface area contributed by atoms with Gasteiger partial charge in [0, 0.05) is 19.6 Å². The monoisotopic (exact) mass is 486 g/mol. The fourth-order valence-corrected chi connectivity index (χ4v) is 2.60. The van der Waals surface area contributed by atoms with E-state index in [9.17, 15) is 12.8 Å². The zero-order valence-corrected chi connectivity index (χ0v) is 18.1.